The largest absolute Gasteiger partial charge is 0.492 e. The Bertz CT molecular complexity index is 1080. The first-order valence-electron chi connectivity index (χ1n) is 13.3. The number of rotatable bonds is 12. The van der Waals surface area contributed by atoms with Gasteiger partial charge in [0.15, 0.2) is 0 Å². The van der Waals surface area contributed by atoms with Crippen LogP contribution in [0.1, 0.15) is 29.2 Å². The fraction of sp³-hybridized carbons (Fsp3) is 0.419. The van der Waals surface area contributed by atoms with Crippen LogP contribution in [0, 0.1) is 6.92 Å². The third kappa shape index (κ3) is 7.79. The number of hydrogen-bond acceptors (Lipinski definition) is 5. The first-order valence-corrected chi connectivity index (χ1v) is 13.6. The molecule has 37 heavy (non-hydrogen) atoms. The molecule has 5 nitrogen and oxygen atoms in total. The quantitative estimate of drug-likeness (QED) is 0.333. The molecule has 0 spiro atoms. The molecule has 3 aromatic carbocycles. The van der Waals surface area contributed by atoms with Crippen LogP contribution >= 0.6 is 11.6 Å². The minimum absolute atomic E-state index is 0.448. The molecule has 1 saturated heterocycles. The van der Waals surface area contributed by atoms with Gasteiger partial charge in [-0.25, -0.2) is 0 Å². The maximum Gasteiger partial charge on any atom is 0.119 e. The Labute approximate surface area is 226 Å². The van der Waals surface area contributed by atoms with Gasteiger partial charge in [0.1, 0.15) is 18.0 Å². The van der Waals surface area contributed by atoms with E-state index < -0.39 is 5.60 Å². The van der Waals surface area contributed by atoms with E-state index in [1.807, 2.05) is 79.7 Å². The monoisotopic (exact) mass is 522 g/mol. The van der Waals surface area contributed by atoms with Crippen molar-refractivity contribution in [1.82, 2.24) is 9.80 Å². The van der Waals surface area contributed by atoms with Gasteiger partial charge in [0.25, 0.3) is 0 Å². The summed E-state index contributed by atoms with van der Waals surface area (Å²) in [5.74, 6) is 0.817. The van der Waals surface area contributed by atoms with Gasteiger partial charge in [-0.1, -0.05) is 65.7 Å². The lowest BCUT2D eigenvalue weighted by molar-refractivity contribution is 0.0758. The minimum Gasteiger partial charge on any atom is -0.492 e. The number of piperazine rings is 1. The molecule has 1 unspecified atom stereocenters. The average Bonchev–Trinajstić information content (AvgIpc) is 2.92. The van der Waals surface area contributed by atoms with Crippen molar-refractivity contribution in [3.8, 4) is 5.75 Å². The second kappa shape index (κ2) is 13.4. The molecule has 1 N–H and O–H groups in total. The number of nitrogens with zero attached hydrogens (tertiary/aromatic N) is 2. The van der Waals surface area contributed by atoms with E-state index in [9.17, 15) is 5.11 Å². The number of aryl methyl sites for hydroxylation is 1. The van der Waals surface area contributed by atoms with Gasteiger partial charge < -0.3 is 14.6 Å². The Morgan fingerprint density at radius 2 is 1.32 bits per heavy atom. The third-order valence-corrected chi connectivity index (χ3v) is 7.38. The van der Waals surface area contributed by atoms with Crippen LogP contribution in [0.4, 0.5) is 0 Å². The lowest BCUT2D eigenvalue weighted by Crippen LogP contribution is -2.48. The molecule has 0 bridgehead atoms. The van der Waals surface area contributed by atoms with Crippen molar-refractivity contribution in [3.05, 3.63) is 100 Å². The lowest BCUT2D eigenvalue weighted by atomic mass is 9.81. The van der Waals surface area contributed by atoms with E-state index in [1.54, 1.807) is 0 Å². The second-order valence-corrected chi connectivity index (χ2v) is 10.2. The number of hydrogen-bond donors (Lipinski definition) is 1. The first kappa shape index (κ1) is 27.6. The van der Waals surface area contributed by atoms with Crippen LogP contribution in [0.2, 0.25) is 5.02 Å². The highest BCUT2D eigenvalue weighted by Crippen LogP contribution is 2.34. The molecule has 0 aromatic heterocycles. The summed E-state index contributed by atoms with van der Waals surface area (Å²) in [5, 5.41) is 12.7. The summed E-state index contributed by atoms with van der Waals surface area (Å²) in [7, 11) is 0. The first-order chi connectivity index (χ1) is 18.0. The summed E-state index contributed by atoms with van der Waals surface area (Å²) in [6.07, 6.45) is 0.448. The van der Waals surface area contributed by atoms with E-state index >= 15 is 0 Å². The molecule has 1 atom stereocenters. The van der Waals surface area contributed by atoms with E-state index in [0.717, 1.165) is 80.5 Å². The molecule has 0 saturated carbocycles. The fourth-order valence-electron chi connectivity index (χ4n) is 4.79. The van der Waals surface area contributed by atoms with Crippen LogP contribution in [0.5, 0.6) is 5.75 Å². The highest BCUT2D eigenvalue weighted by molar-refractivity contribution is 6.30. The molecule has 1 aliphatic heterocycles. The minimum atomic E-state index is -1.16. The van der Waals surface area contributed by atoms with Gasteiger partial charge in [-0.3, -0.25) is 9.80 Å². The van der Waals surface area contributed by atoms with Gasteiger partial charge in [-0.2, -0.15) is 0 Å². The fourth-order valence-corrected chi connectivity index (χ4v) is 4.92. The average molecular weight is 523 g/mol. The van der Waals surface area contributed by atoms with Gasteiger partial charge in [-0.15, -0.1) is 0 Å². The Morgan fingerprint density at radius 1 is 0.784 bits per heavy atom. The van der Waals surface area contributed by atoms with Gasteiger partial charge in [-0.05, 0) is 54.8 Å². The van der Waals surface area contributed by atoms with Crippen molar-refractivity contribution in [2.75, 3.05) is 59.1 Å². The third-order valence-electron chi connectivity index (χ3n) is 7.13. The van der Waals surface area contributed by atoms with E-state index in [4.69, 9.17) is 21.1 Å². The van der Waals surface area contributed by atoms with Crippen molar-refractivity contribution >= 4 is 11.6 Å². The van der Waals surface area contributed by atoms with Crippen molar-refractivity contribution in [2.45, 2.75) is 25.9 Å². The molecule has 1 heterocycles. The number of ether oxygens (including phenoxy) is 2. The van der Waals surface area contributed by atoms with Gasteiger partial charge in [0.05, 0.1) is 6.61 Å². The number of halogens is 1. The number of aliphatic hydroxyl groups is 1. The summed E-state index contributed by atoms with van der Waals surface area (Å²) >= 11 is 6.09. The SMILES string of the molecule is CCOCCN1CCN(CCOc2ccc(C(O)(Cc3ccc(Cl)cc3)c3ccc(C)cc3)cc2)CC1. The zero-order valence-corrected chi connectivity index (χ0v) is 22.8. The Kier molecular flexibility index (Phi) is 10.0. The van der Waals surface area contributed by atoms with Crippen molar-refractivity contribution in [3.63, 3.8) is 0 Å². The summed E-state index contributed by atoms with van der Waals surface area (Å²) in [6, 6.07) is 23.6. The molecule has 3 aromatic rings. The number of benzene rings is 3. The zero-order valence-electron chi connectivity index (χ0n) is 22.0. The summed E-state index contributed by atoms with van der Waals surface area (Å²) in [4.78, 5) is 4.92. The summed E-state index contributed by atoms with van der Waals surface area (Å²) in [5.41, 5.74) is 2.71. The molecule has 198 valence electrons. The van der Waals surface area contributed by atoms with Crippen LogP contribution in [0.3, 0.4) is 0 Å². The second-order valence-electron chi connectivity index (χ2n) is 9.78. The predicted octanol–water partition coefficient (Wildman–Crippen LogP) is 5.16. The highest BCUT2D eigenvalue weighted by atomic mass is 35.5. The maximum absolute atomic E-state index is 12.0. The molecule has 4 rings (SSSR count). The van der Waals surface area contributed by atoms with Gasteiger partial charge in [0, 0.05) is 57.3 Å². The highest BCUT2D eigenvalue weighted by Gasteiger charge is 2.32. The Balaban J connectivity index is 1.36. The lowest BCUT2D eigenvalue weighted by Gasteiger charge is -2.34. The van der Waals surface area contributed by atoms with Gasteiger partial charge in [0.2, 0.25) is 0 Å². The molecular weight excluding hydrogens is 484 g/mol. The molecule has 0 aliphatic carbocycles. The standard InChI is InChI=1S/C31H39ClN2O3/c1-3-36-22-20-33-16-18-34(19-17-33)21-23-37-30-14-10-28(11-15-30)31(35,27-8-4-25(2)5-9-27)24-26-6-12-29(32)13-7-26/h4-15,35H,3,16-24H2,1-2H3. The summed E-state index contributed by atoms with van der Waals surface area (Å²) in [6.45, 7) is 12.5. The molecule has 0 radical (unpaired) electrons. The topological polar surface area (TPSA) is 45.2 Å². The van der Waals surface area contributed by atoms with E-state index in [0.29, 0.717) is 18.1 Å². The summed E-state index contributed by atoms with van der Waals surface area (Å²) < 4.78 is 11.5. The normalized spacial score (nSPS) is 16.4. The molecular formula is C31H39ClN2O3. The van der Waals surface area contributed by atoms with Crippen LogP contribution in [0.25, 0.3) is 0 Å². The van der Waals surface area contributed by atoms with Gasteiger partial charge >= 0.3 is 0 Å². The predicted molar refractivity (Wildman–Crippen MR) is 151 cm³/mol. The maximum atomic E-state index is 12.0. The van der Waals surface area contributed by atoms with Crippen molar-refractivity contribution in [1.29, 1.82) is 0 Å². The van der Waals surface area contributed by atoms with Crippen LogP contribution < -0.4 is 4.74 Å². The van der Waals surface area contributed by atoms with Crippen molar-refractivity contribution in [2.24, 2.45) is 0 Å². The Hall–Kier alpha value is -2.41. The molecule has 1 fully saturated rings. The zero-order chi connectivity index (χ0) is 26.1. The van der Waals surface area contributed by atoms with E-state index in [-0.39, 0.29) is 0 Å². The Morgan fingerprint density at radius 3 is 1.89 bits per heavy atom. The molecule has 1 aliphatic rings. The van der Waals surface area contributed by atoms with Crippen LogP contribution in [-0.4, -0.2) is 74.0 Å². The smallest absolute Gasteiger partial charge is 0.119 e. The van der Waals surface area contributed by atoms with E-state index in [1.165, 1.54) is 0 Å². The van der Waals surface area contributed by atoms with Crippen LogP contribution in [0.15, 0.2) is 72.8 Å². The van der Waals surface area contributed by atoms with Crippen molar-refractivity contribution < 1.29 is 14.6 Å². The molecule has 6 heteroatoms. The molecule has 0 amide bonds. The van der Waals surface area contributed by atoms with Crippen LogP contribution in [-0.2, 0) is 16.8 Å². The van der Waals surface area contributed by atoms with E-state index in [2.05, 4.69) is 16.7 Å².